The van der Waals surface area contributed by atoms with Crippen LogP contribution >= 0.6 is 0 Å². The van der Waals surface area contributed by atoms with Gasteiger partial charge in [-0.3, -0.25) is 4.98 Å². The highest BCUT2D eigenvalue weighted by atomic mass is 15.0. The summed E-state index contributed by atoms with van der Waals surface area (Å²) >= 11 is 0. The smallest absolute Gasteiger partial charge is 0.0704 e. The van der Waals surface area contributed by atoms with Crippen LogP contribution in [-0.4, -0.2) is 30.5 Å². The third-order valence-corrected chi connectivity index (χ3v) is 2.95. The van der Waals surface area contributed by atoms with Crippen molar-refractivity contribution >= 4 is 5.57 Å². The lowest BCUT2D eigenvalue weighted by Crippen LogP contribution is -2.12. The summed E-state index contributed by atoms with van der Waals surface area (Å²) < 4.78 is 0. The van der Waals surface area contributed by atoms with Crippen molar-refractivity contribution in [2.75, 3.05) is 20.6 Å². The number of hydrogen-bond donors (Lipinski definition) is 0. The topological polar surface area (TPSA) is 16.1 Å². The number of nitrogens with zero attached hydrogens (tertiary/aromatic N) is 2. The van der Waals surface area contributed by atoms with Gasteiger partial charge in [-0.25, -0.2) is 0 Å². The van der Waals surface area contributed by atoms with E-state index in [-0.39, 0.29) is 0 Å². The van der Waals surface area contributed by atoms with Crippen LogP contribution < -0.4 is 0 Å². The molecule has 2 rings (SSSR count). The van der Waals surface area contributed by atoms with Gasteiger partial charge in [0.1, 0.15) is 0 Å². The van der Waals surface area contributed by atoms with Crippen molar-refractivity contribution in [3.63, 3.8) is 0 Å². The first-order chi connectivity index (χ1) is 9.27. The van der Waals surface area contributed by atoms with Crippen molar-refractivity contribution in [1.82, 2.24) is 9.88 Å². The zero-order valence-electron chi connectivity index (χ0n) is 11.6. The van der Waals surface area contributed by atoms with E-state index in [1.807, 2.05) is 24.4 Å². The summed E-state index contributed by atoms with van der Waals surface area (Å²) in [5.74, 6) is 0. The van der Waals surface area contributed by atoms with Gasteiger partial charge in [0.05, 0.1) is 5.69 Å². The summed E-state index contributed by atoms with van der Waals surface area (Å²) in [6, 6.07) is 16.5. The largest absolute Gasteiger partial charge is 0.309 e. The predicted molar refractivity (Wildman–Crippen MR) is 80.9 cm³/mol. The first-order valence-electron chi connectivity index (χ1n) is 6.59. The highest BCUT2D eigenvalue weighted by Crippen LogP contribution is 2.21. The quantitative estimate of drug-likeness (QED) is 0.810. The van der Waals surface area contributed by atoms with E-state index < -0.39 is 0 Å². The maximum absolute atomic E-state index is 4.47. The molecule has 0 unspecified atom stereocenters. The molecule has 1 aromatic carbocycles. The fourth-order valence-electron chi connectivity index (χ4n) is 1.98. The highest BCUT2D eigenvalue weighted by Gasteiger charge is 2.05. The third kappa shape index (κ3) is 4.04. The molecule has 0 aliphatic heterocycles. The number of pyridine rings is 1. The number of rotatable bonds is 5. The number of aromatic nitrogens is 1. The minimum absolute atomic E-state index is 1.02. The second-order valence-corrected chi connectivity index (χ2v) is 4.79. The minimum atomic E-state index is 1.02. The monoisotopic (exact) mass is 252 g/mol. The van der Waals surface area contributed by atoms with E-state index >= 15 is 0 Å². The molecule has 0 atom stereocenters. The normalized spacial score (nSPS) is 11.8. The molecule has 19 heavy (non-hydrogen) atoms. The second-order valence-electron chi connectivity index (χ2n) is 4.79. The fraction of sp³-hybridized carbons (Fsp3) is 0.235. The maximum Gasteiger partial charge on any atom is 0.0704 e. The van der Waals surface area contributed by atoms with Crippen LogP contribution in [0.2, 0.25) is 0 Å². The van der Waals surface area contributed by atoms with E-state index in [4.69, 9.17) is 0 Å². The average molecular weight is 252 g/mol. The molecule has 1 aromatic heterocycles. The number of hydrogen-bond acceptors (Lipinski definition) is 2. The molecule has 2 aromatic rings. The Hall–Kier alpha value is -1.93. The minimum Gasteiger partial charge on any atom is -0.309 e. The van der Waals surface area contributed by atoms with Crippen molar-refractivity contribution < 1.29 is 0 Å². The Morgan fingerprint density at radius 1 is 1.05 bits per heavy atom. The molecule has 0 saturated heterocycles. The Morgan fingerprint density at radius 2 is 1.79 bits per heavy atom. The molecule has 1 heterocycles. The second kappa shape index (κ2) is 6.86. The van der Waals surface area contributed by atoms with E-state index in [1.165, 1.54) is 11.1 Å². The van der Waals surface area contributed by atoms with Crippen molar-refractivity contribution in [3.8, 4) is 0 Å². The Kier molecular flexibility index (Phi) is 4.87. The van der Waals surface area contributed by atoms with Gasteiger partial charge >= 0.3 is 0 Å². The van der Waals surface area contributed by atoms with Crippen molar-refractivity contribution in [2.45, 2.75) is 6.42 Å². The third-order valence-electron chi connectivity index (χ3n) is 2.95. The van der Waals surface area contributed by atoms with Crippen LogP contribution in [0.1, 0.15) is 17.7 Å². The van der Waals surface area contributed by atoms with E-state index in [0.29, 0.717) is 0 Å². The lowest BCUT2D eigenvalue weighted by molar-refractivity contribution is 0.417. The Bertz CT molecular complexity index is 474. The Morgan fingerprint density at radius 3 is 2.42 bits per heavy atom. The van der Waals surface area contributed by atoms with Crippen LogP contribution in [0, 0.1) is 0 Å². The van der Waals surface area contributed by atoms with Gasteiger partial charge in [0.15, 0.2) is 0 Å². The van der Waals surface area contributed by atoms with E-state index in [1.54, 1.807) is 0 Å². The first-order valence-corrected chi connectivity index (χ1v) is 6.59. The molecule has 98 valence electrons. The van der Waals surface area contributed by atoms with Gasteiger partial charge in [0.25, 0.3) is 0 Å². The predicted octanol–water partition coefficient (Wildman–Crippen LogP) is 3.47. The van der Waals surface area contributed by atoms with E-state index in [0.717, 1.165) is 18.7 Å². The van der Waals surface area contributed by atoms with Gasteiger partial charge < -0.3 is 4.90 Å². The molecule has 0 amide bonds. The molecular formula is C17H20N2. The molecule has 0 N–H and O–H groups in total. The van der Waals surface area contributed by atoms with E-state index in [9.17, 15) is 0 Å². The van der Waals surface area contributed by atoms with Crippen molar-refractivity contribution in [2.24, 2.45) is 0 Å². The van der Waals surface area contributed by atoms with Gasteiger partial charge in [-0.1, -0.05) is 42.5 Å². The summed E-state index contributed by atoms with van der Waals surface area (Å²) in [4.78, 5) is 6.66. The van der Waals surface area contributed by atoms with E-state index in [2.05, 4.69) is 60.4 Å². The summed E-state index contributed by atoms with van der Waals surface area (Å²) in [7, 11) is 4.19. The molecule has 0 aliphatic rings. The Labute approximate surface area is 115 Å². The van der Waals surface area contributed by atoms with Crippen LogP contribution in [0.3, 0.4) is 0 Å². The lowest BCUT2D eigenvalue weighted by atomic mass is 10.0. The zero-order valence-corrected chi connectivity index (χ0v) is 11.6. The molecule has 2 heteroatoms. The maximum atomic E-state index is 4.47. The molecule has 0 radical (unpaired) electrons. The lowest BCUT2D eigenvalue weighted by Gasteiger charge is -2.10. The molecule has 2 nitrogen and oxygen atoms in total. The summed E-state index contributed by atoms with van der Waals surface area (Å²) in [5.41, 5.74) is 3.47. The molecule has 0 spiro atoms. The van der Waals surface area contributed by atoms with Gasteiger partial charge in [0.2, 0.25) is 0 Å². The highest BCUT2D eigenvalue weighted by molar-refractivity contribution is 5.77. The van der Waals surface area contributed by atoms with Gasteiger partial charge in [-0.2, -0.15) is 0 Å². The van der Waals surface area contributed by atoms with Gasteiger partial charge in [-0.15, -0.1) is 0 Å². The SMILES string of the molecule is CN(C)CCC=C(c1ccccc1)c1ccccn1. The molecule has 0 saturated carbocycles. The summed E-state index contributed by atoms with van der Waals surface area (Å²) in [6.45, 7) is 1.04. The van der Waals surface area contributed by atoms with Crippen LogP contribution in [0.15, 0.2) is 60.8 Å². The standard InChI is InChI=1S/C17H20N2/c1-19(2)14-8-11-16(15-9-4-3-5-10-15)17-12-6-7-13-18-17/h3-7,9-13H,8,14H2,1-2H3. The first kappa shape index (κ1) is 13.5. The average Bonchev–Trinajstić information content (AvgIpc) is 2.45. The van der Waals surface area contributed by atoms with Gasteiger partial charge in [-0.05, 0) is 38.2 Å². The van der Waals surface area contributed by atoms with Crippen LogP contribution in [-0.2, 0) is 0 Å². The van der Waals surface area contributed by atoms with Crippen LogP contribution in [0.25, 0.3) is 5.57 Å². The summed E-state index contributed by atoms with van der Waals surface area (Å²) in [6.07, 6.45) is 5.14. The van der Waals surface area contributed by atoms with Gasteiger partial charge in [0, 0.05) is 18.3 Å². The van der Waals surface area contributed by atoms with Crippen molar-refractivity contribution in [3.05, 3.63) is 72.1 Å². The number of benzene rings is 1. The summed E-state index contributed by atoms with van der Waals surface area (Å²) in [5, 5.41) is 0. The van der Waals surface area contributed by atoms with Crippen molar-refractivity contribution in [1.29, 1.82) is 0 Å². The Balaban J connectivity index is 2.29. The fourth-order valence-corrected chi connectivity index (χ4v) is 1.98. The van der Waals surface area contributed by atoms with Crippen LogP contribution in [0.5, 0.6) is 0 Å². The molecule has 0 fully saturated rings. The molecular weight excluding hydrogens is 232 g/mol. The molecule has 0 aliphatic carbocycles. The molecule has 0 bridgehead atoms. The zero-order chi connectivity index (χ0) is 13.5. The van der Waals surface area contributed by atoms with Crippen LogP contribution in [0.4, 0.5) is 0 Å².